The van der Waals surface area contributed by atoms with Crippen LogP contribution in [0.4, 0.5) is 4.39 Å². The van der Waals surface area contributed by atoms with Crippen LogP contribution in [0.5, 0.6) is 5.75 Å². The minimum Gasteiger partial charge on any atom is -0.493 e. The molecule has 3 heterocycles. The second kappa shape index (κ2) is 15.3. The van der Waals surface area contributed by atoms with Crippen LogP contribution in [-0.4, -0.2) is 40.1 Å². The summed E-state index contributed by atoms with van der Waals surface area (Å²) < 4.78 is 36.6. The molecule has 1 atom stereocenters. The maximum Gasteiger partial charge on any atom is 0.355 e. The Morgan fingerprint density at radius 1 is 1.00 bits per heavy atom. The number of esters is 1. The summed E-state index contributed by atoms with van der Waals surface area (Å²) in [5, 5.41) is 8.32. The monoisotopic (exact) mass is 707 g/mol. The van der Waals surface area contributed by atoms with Crippen LogP contribution in [-0.2, 0) is 42.3 Å². The third-order valence-corrected chi connectivity index (χ3v) is 10.1. The molecular formula is C42H43ClFN3O4. The van der Waals surface area contributed by atoms with Gasteiger partial charge in [0.1, 0.15) is 23.4 Å². The van der Waals surface area contributed by atoms with E-state index < -0.39 is 0 Å². The number of fused-ring (bicyclic) bond motifs is 3. The smallest absolute Gasteiger partial charge is 0.355 e. The van der Waals surface area contributed by atoms with Gasteiger partial charge in [0.15, 0.2) is 0 Å². The fraction of sp³-hybridized carbons (Fsp3) is 0.333. The largest absolute Gasteiger partial charge is 0.493 e. The predicted molar refractivity (Wildman–Crippen MR) is 200 cm³/mol. The van der Waals surface area contributed by atoms with Crippen molar-refractivity contribution in [2.45, 2.75) is 65.0 Å². The van der Waals surface area contributed by atoms with Gasteiger partial charge in [0.05, 0.1) is 29.4 Å². The number of aromatic nitrogens is 3. The van der Waals surface area contributed by atoms with Gasteiger partial charge >= 0.3 is 5.97 Å². The molecule has 4 aromatic carbocycles. The van der Waals surface area contributed by atoms with Gasteiger partial charge in [0.2, 0.25) is 0 Å². The minimum absolute atomic E-state index is 0.264. The number of nitrogens with zero attached hydrogens (tertiary/aromatic N) is 3. The van der Waals surface area contributed by atoms with E-state index in [2.05, 4.69) is 35.8 Å². The second-order valence-corrected chi connectivity index (χ2v) is 13.4. The van der Waals surface area contributed by atoms with Crippen molar-refractivity contribution in [2.75, 3.05) is 19.8 Å². The molecule has 0 amide bonds. The Balaban J connectivity index is 1.34. The average molecular weight is 708 g/mol. The molecular weight excluding hydrogens is 665 g/mol. The summed E-state index contributed by atoms with van der Waals surface area (Å²) in [5.74, 6) is 0.0715. The van der Waals surface area contributed by atoms with E-state index in [1.807, 2.05) is 55.1 Å². The molecule has 0 bridgehead atoms. The summed E-state index contributed by atoms with van der Waals surface area (Å²) in [5.41, 5.74) is 7.30. The van der Waals surface area contributed by atoms with Crippen LogP contribution >= 0.6 is 11.6 Å². The fourth-order valence-corrected chi connectivity index (χ4v) is 7.81. The Labute approximate surface area is 302 Å². The molecule has 0 spiro atoms. The Morgan fingerprint density at radius 2 is 1.82 bits per heavy atom. The molecule has 0 saturated heterocycles. The van der Waals surface area contributed by atoms with E-state index in [9.17, 15) is 9.18 Å². The maximum atomic E-state index is 13.9. The quantitative estimate of drug-likeness (QED) is 0.105. The van der Waals surface area contributed by atoms with Gasteiger partial charge in [-0.1, -0.05) is 67.1 Å². The van der Waals surface area contributed by atoms with E-state index in [0.717, 1.165) is 69.0 Å². The third-order valence-electron chi connectivity index (χ3n) is 9.82. The zero-order valence-corrected chi connectivity index (χ0v) is 30.1. The van der Waals surface area contributed by atoms with Crippen molar-refractivity contribution in [1.82, 2.24) is 14.3 Å². The standard InChI is InChI=1S/C42H43ClFN3O4/c1-4-34-38-37-33(43)21-20-32-31(16-12-24-50-35-17-11-15-28-26-29(44)18-19-30(28)35)41(42(48)49-5-2)47(40(32)37)22-9-10-23-51-36(39(38)45-46(34)3)25-27-13-7-6-8-14-27/h6-8,11,13-15,17-21,26,36H,4-5,9-10,12,16,22-25H2,1-3H3. The van der Waals surface area contributed by atoms with Crippen LogP contribution < -0.4 is 4.74 Å². The molecule has 264 valence electrons. The van der Waals surface area contributed by atoms with Gasteiger partial charge in [0, 0.05) is 54.2 Å². The van der Waals surface area contributed by atoms with E-state index in [-0.39, 0.29) is 24.5 Å². The number of carbonyl (C=O) groups excluding carboxylic acids is 1. The highest BCUT2D eigenvalue weighted by Gasteiger charge is 2.32. The van der Waals surface area contributed by atoms with Gasteiger partial charge in [-0.25, -0.2) is 9.18 Å². The van der Waals surface area contributed by atoms with E-state index >= 15 is 0 Å². The molecule has 51 heavy (non-hydrogen) atoms. The first-order chi connectivity index (χ1) is 24.9. The second-order valence-electron chi connectivity index (χ2n) is 13.0. The van der Waals surface area contributed by atoms with Gasteiger partial charge in [-0.05, 0) is 85.9 Å². The predicted octanol–water partition coefficient (Wildman–Crippen LogP) is 9.83. The lowest BCUT2D eigenvalue weighted by atomic mass is 9.94. The van der Waals surface area contributed by atoms with E-state index in [1.165, 1.54) is 17.7 Å². The van der Waals surface area contributed by atoms with Gasteiger partial charge in [-0.2, -0.15) is 5.10 Å². The van der Waals surface area contributed by atoms with Crippen LogP contribution in [0.3, 0.4) is 0 Å². The number of hydrogen-bond acceptors (Lipinski definition) is 5. The van der Waals surface area contributed by atoms with Gasteiger partial charge in [-0.15, -0.1) is 0 Å². The molecule has 1 unspecified atom stereocenters. The molecule has 7 nitrogen and oxygen atoms in total. The Bertz CT molecular complexity index is 2190. The van der Waals surface area contributed by atoms with Crippen LogP contribution in [0.2, 0.25) is 5.02 Å². The van der Waals surface area contributed by atoms with E-state index in [1.54, 1.807) is 6.07 Å². The minimum atomic E-state index is -0.349. The summed E-state index contributed by atoms with van der Waals surface area (Å²) in [6.07, 6.45) is 3.97. The van der Waals surface area contributed by atoms with Gasteiger partial charge in [-0.3, -0.25) is 4.68 Å². The lowest BCUT2D eigenvalue weighted by Crippen LogP contribution is -2.15. The number of halogens is 2. The number of ether oxygens (including phenoxy) is 3. The number of benzene rings is 4. The summed E-state index contributed by atoms with van der Waals surface area (Å²) in [6.45, 7) is 5.80. The zero-order chi connectivity index (χ0) is 35.5. The highest BCUT2D eigenvalue weighted by Crippen LogP contribution is 2.45. The third kappa shape index (κ3) is 6.87. The summed E-state index contributed by atoms with van der Waals surface area (Å²) >= 11 is 7.25. The first-order valence-corrected chi connectivity index (χ1v) is 18.3. The number of aryl methyl sites for hydroxylation is 3. The van der Waals surface area contributed by atoms with Crippen molar-refractivity contribution < 1.29 is 23.4 Å². The van der Waals surface area contributed by atoms with Crippen LogP contribution in [0.25, 0.3) is 32.8 Å². The molecule has 0 radical (unpaired) electrons. The normalized spacial score (nSPS) is 14.7. The van der Waals surface area contributed by atoms with Crippen molar-refractivity contribution in [2.24, 2.45) is 7.05 Å². The number of carbonyl (C=O) groups is 1. The Hall–Kier alpha value is -4.66. The highest BCUT2D eigenvalue weighted by molar-refractivity contribution is 6.35. The van der Waals surface area contributed by atoms with E-state index in [0.29, 0.717) is 55.5 Å². The topological polar surface area (TPSA) is 67.5 Å². The number of rotatable bonds is 10. The molecule has 7 rings (SSSR count). The summed E-state index contributed by atoms with van der Waals surface area (Å²) in [4.78, 5) is 13.9. The average Bonchev–Trinajstić information content (AvgIpc) is 3.62. The van der Waals surface area contributed by atoms with Gasteiger partial charge in [0.25, 0.3) is 0 Å². The molecule has 9 heteroatoms. The van der Waals surface area contributed by atoms with Gasteiger partial charge < -0.3 is 18.8 Å². The van der Waals surface area contributed by atoms with Crippen molar-refractivity contribution in [3.63, 3.8) is 0 Å². The van der Waals surface area contributed by atoms with Crippen molar-refractivity contribution in [3.05, 3.63) is 118 Å². The molecule has 0 fully saturated rings. The molecule has 2 aromatic heterocycles. The molecule has 0 saturated carbocycles. The van der Waals surface area contributed by atoms with Crippen molar-refractivity contribution in [1.29, 1.82) is 0 Å². The first-order valence-electron chi connectivity index (χ1n) is 17.9. The molecule has 1 aliphatic heterocycles. The maximum absolute atomic E-state index is 13.9. The van der Waals surface area contributed by atoms with Crippen molar-refractivity contribution in [3.8, 4) is 16.9 Å². The van der Waals surface area contributed by atoms with E-state index in [4.69, 9.17) is 30.9 Å². The lowest BCUT2D eigenvalue weighted by Gasteiger charge is -2.19. The lowest BCUT2D eigenvalue weighted by molar-refractivity contribution is 0.0469. The molecule has 1 aliphatic rings. The Kier molecular flexibility index (Phi) is 10.4. The highest BCUT2D eigenvalue weighted by atomic mass is 35.5. The molecule has 0 N–H and O–H groups in total. The Morgan fingerprint density at radius 3 is 2.63 bits per heavy atom. The summed E-state index contributed by atoms with van der Waals surface area (Å²) in [6, 6.07) is 24.7. The van der Waals surface area contributed by atoms with Crippen molar-refractivity contribution >= 4 is 39.2 Å². The zero-order valence-electron chi connectivity index (χ0n) is 29.4. The fourth-order valence-electron chi connectivity index (χ4n) is 7.57. The molecule has 0 aliphatic carbocycles. The molecule has 6 aromatic rings. The number of hydrogen-bond donors (Lipinski definition) is 0. The van der Waals surface area contributed by atoms with Crippen LogP contribution in [0.1, 0.15) is 72.2 Å². The van der Waals surface area contributed by atoms with Crippen LogP contribution in [0.15, 0.2) is 78.9 Å². The van der Waals surface area contributed by atoms with Crippen LogP contribution in [0, 0.1) is 5.82 Å². The summed E-state index contributed by atoms with van der Waals surface area (Å²) in [7, 11) is 1.98. The SMILES string of the molecule is CCOC(=O)c1c(CCCOc2cccc3cc(F)ccc23)c2ccc(Cl)c3c2n1CCCCOC(Cc1ccccc1)c1nn(C)c(CC)c1-3. The first kappa shape index (κ1) is 34.8.